The van der Waals surface area contributed by atoms with E-state index in [-0.39, 0.29) is 5.92 Å². The van der Waals surface area contributed by atoms with E-state index >= 15 is 0 Å². The van der Waals surface area contributed by atoms with Gasteiger partial charge in [-0.25, -0.2) is 4.79 Å². The molecule has 0 spiro atoms. The van der Waals surface area contributed by atoms with Gasteiger partial charge in [0, 0.05) is 0 Å². The summed E-state index contributed by atoms with van der Waals surface area (Å²) in [7, 11) is 0. The number of phenols is 1. The van der Waals surface area contributed by atoms with Gasteiger partial charge < -0.3 is 14.6 Å². The molecule has 146 valence electrons. The third-order valence-corrected chi connectivity index (χ3v) is 4.68. The lowest BCUT2D eigenvalue weighted by molar-refractivity contribution is 0.0885. The Bertz CT molecular complexity index is 704. The third-order valence-electron chi connectivity index (χ3n) is 4.68. The number of carbonyl (C=O) groups excluding carboxylic acids is 1. The lowest BCUT2D eigenvalue weighted by Crippen LogP contribution is -2.14. The second kappa shape index (κ2) is 10.0. The van der Waals surface area contributed by atoms with Crippen LogP contribution in [0.2, 0.25) is 0 Å². The molecule has 0 radical (unpaired) electrons. The van der Waals surface area contributed by atoms with Crippen molar-refractivity contribution >= 4 is 6.16 Å². The normalized spacial score (nSPS) is 13.2. The molecule has 4 nitrogen and oxygen atoms in total. The lowest BCUT2D eigenvalue weighted by atomic mass is 9.84. The van der Waals surface area contributed by atoms with E-state index in [0.717, 1.165) is 12.8 Å². The molecule has 27 heavy (non-hydrogen) atoms. The highest BCUT2D eigenvalue weighted by Crippen LogP contribution is 2.33. The Kier molecular flexibility index (Phi) is 7.71. The van der Waals surface area contributed by atoms with Crippen molar-refractivity contribution in [3.8, 4) is 11.5 Å². The maximum Gasteiger partial charge on any atom is 0.513 e. The quantitative estimate of drug-likeness (QED) is 0.441. The number of aromatic hydroxyl groups is 1. The van der Waals surface area contributed by atoms with E-state index in [1.54, 1.807) is 12.1 Å². The highest BCUT2D eigenvalue weighted by Gasteiger charge is 2.16. The number of phenolic OH excluding ortho intramolecular Hbond substituents is 1. The van der Waals surface area contributed by atoms with Gasteiger partial charge in [-0.3, -0.25) is 0 Å². The van der Waals surface area contributed by atoms with Crippen LogP contribution >= 0.6 is 0 Å². The van der Waals surface area contributed by atoms with Gasteiger partial charge in [0.2, 0.25) is 0 Å². The molecule has 2 rings (SSSR count). The summed E-state index contributed by atoms with van der Waals surface area (Å²) in [6.45, 7) is 8.70. The zero-order valence-electron chi connectivity index (χ0n) is 16.6. The average molecular weight is 370 g/mol. The molecule has 0 saturated carbocycles. The first-order valence-corrected chi connectivity index (χ1v) is 9.62. The largest absolute Gasteiger partial charge is 0.513 e. The van der Waals surface area contributed by atoms with Crippen LogP contribution < -0.4 is 4.74 Å². The van der Waals surface area contributed by atoms with Crippen LogP contribution in [0, 0.1) is 5.92 Å². The van der Waals surface area contributed by atoms with Crippen molar-refractivity contribution in [2.75, 3.05) is 6.61 Å². The molecular weight excluding hydrogens is 340 g/mol. The summed E-state index contributed by atoms with van der Waals surface area (Å²) in [6, 6.07) is 15.1. The molecule has 2 aromatic carbocycles. The van der Waals surface area contributed by atoms with Crippen molar-refractivity contribution in [3.05, 3.63) is 59.7 Å². The molecule has 0 saturated heterocycles. The highest BCUT2D eigenvalue weighted by atomic mass is 16.7. The molecule has 2 atom stereocenters. The fourth-order valence-electron chi connectivity index (χ4n) is 3.07. The molecule has 0 aliphatic carbocycles. The topological polar surface area (TPSA) is 55.8 Å². The number of hydrogen-bond acceptors (Lipinski definition) is 4. The van der Waals surface area contributed by atoms with Crippen LogP contribution in [0.25, 0.3) is 0 Å². The first-order chi connectivity index (χ1) is 12.9. The monoisotopic (exact) mass is 370 g/mol. The molecule has 0 aromatic heterocycles. The van der Waals surface area contributed by atoms with Crippen molar-refractivity contribution in [1.82, 2.24) is 0 Å². The summed E-state index contributed by atoms with van der Waals surface area (Å²) in [6.07, 6.45) is 1.38. The van der Waals surface area contributed by atoms with E-state index in [9.17, 15) is 9.90 Å². The molecule has 0 heterocycles. The Morgan fingerprint density at radius 1 is 0.963 bits per heavy atom. The molecule has 0 amide bonds. The minimum atomic E-state index is -0.663. The highest BCUT2D eigenvalue weighted by molar-refractivity contribution is 5.63. The Balaban J connectivity index is 1.96. The summed E-state index contributed by atoms with van der Waals surface area (Å²) in [4.78, 5) is 11.7. The van der Waals surface area contributed by atoms with Crippen molar-refractivity contribution in [2.24, 2.45) is 5.92 Å². The van der Waals surface area contributed by atoms with Crippen LogP contribution in [0.1, 0.15) is 63.5 Å². The molecule has 0 fully saturated rings. The first-order valence-electron chi connectivity index (χ1n) is 9.62. The zero-order valence-corrected chi connectivity index (χ0v) is 16.6. The van der Waals surface area contributed by atoms with Crippen LogP contribution in [0.4, 0.5) is 4.79 Å². The number of ether oxygens (including phenoxy) is 2. The van der Waals surface area contributed by atoms with Crippen LogP contribution in [0.15, 0.2) is 48.5 Å². The Morgan fingerprint density at radius 3 is 2.11 bits per heavy atom. The minimum Gasteiger partial charge on any atom is -0.508 e. The standard InChI is InChI=1S/C23H30O4/c1-5-18(14-17(4)19-6-10-21(24)11-7-19)20-8-12-22(13-9-20)27-23(25)26-15-16(2)3/h6-13,16-18,24H,5,14-15H2,1-4H3. The molecule has 0 aliphatic rings. The van der Waals surface area contributed by atoms with Gasteiger partial charge in [0.1, 0.15) is 11.5 Å². The van der Waals surface area contributed by atoms with Gasteiger partial charge in [0.15, 0.2) is 0 Å². The van der Waals surface area contributed by atoms with Crippen molar-refractivity contribution in [3.63, 3.8) is 0 Å². The maximum absolute atomic E-state index is 11.7. The average Bonchev–Trinajstić information content (AvgIpc) is 2.65. The van der Waals surface area contributed by atoms with Gasteiger partial charge in [0.05, 0.1) is 6.61 Å². The number of hydrogen-bond donors (Lipinski definition) is 1. The summed E-state index contributed by atoms with van der Waals surface area (Å²) in [5.74, 6) is 1.86. The number of rotatable bonds is 8. The van der Waals surface area contributed by atoms with Gasteiger partial charge in [-0.15, -0.1) is 0 Å². The van der Waals surface area contributed by atoms with Crippen molar-refractivity contribution < 1.29 is 19.4 Å². The number of benzene rings is 2. The van der Waals surface area contributed by atoms with Crippen LogP contribution in [-0.4, -0.2) is 17.9 Å². The van der Waals surface area contributed by atoms with Crippen molar-refractivity contribution in [2.45, 2.75) is 52.4 Å². The third kappa shape index (κ3) is 6.63. The molecule has 1 N–H and O–H groups in total. The van der Waals surface area contributed by atoms with Crippen LogP contribution in [0.5, 0.6) is 11.5 Å². The second-order valence-electron chi connectivity index (χ2n) is 7.46. The Labute approximate surface area is 162 Å². The van der Waals surface area contributed by atoms with E-state index in [0.29, 0.717) is 29.9 Å². The summed E-state index contributed by atoms with van der Waals surface area (Å²) < 4.78 is 10.2. The second-order valence-corrected chi connectivity index (χ2v) is 7.46. The van der Waals surface area contributed by atoms with E-state index < -0.39 is 6.16 Å². The molecule has 4 heteroatoms. The molecule has 0 aliphatic heterocycles. The minimum absolute atomic E-state index is 0.279. The predicted octanol–water partition coefficient (Wildman–Crippen LogP) is 6.25. The SMILES string of the molecule is CCC(CC(C)c1ccc(O)cc1)c1ccc(OC(=O)OCC(C)C)cc1. The van der Waals surface area contributed by atoms with Gasteiger partial charge in [-0.1, -0.05) is 52.0 Å². The van der Waals surface area contributed by atoms with Gasteiger partial charge >= 0.3 is 6.16 Å². The van der Waals surface area contributed by atoms with E-state index in [2.05, 4.69) is 13.8 Å². The Hall–Kier alpha value is -2.49. The zero-order chi connectivity index (χ0) is 19.8. The van der Waals surface area contributed by atoms with Gasteiger partial charge in [-0.05, 0) is 66.0 Å². The first kappa shape index (κ1) is 20.8. The number of carbonyl (C=O) groups is 1. The lowest BCUT2D eigenvalue weighted by Gasteiger charge is -2.21. The summed E-state index contributed by atoms with van der Waals surface area (Å²) in [5, 5.41) is 9.45. The Morgan fingerprint density at radius 2 is 1.56 bits per heavy atom. The van der Waals surface area contributed by atoms with Crippen LogP contribution in [0.3, 0.4) is 0 Å². The van der Waals surface area contributed by atoms with E-state index in [1.807, 2.05) is 50.2 Å². The predicted molar refractivity (Wildman–Crippen MR) is 107 cm³/mol. The summed E-state index contributed by atoms with van der Waals surface area (Å²) in [5.41, 5.74) is 2.45. The molecule has 2 aromatic rings. The van der Waals surface area contributed by atoms with E-state index in [1.165, 1.54) is 11.1 Å². The molecule has 0 bridgehead atoms. The smallest absolute Gasteiger partial charge is 0.508 e. The van der Waals surface area contributed by atoms with E-state index in [4.69, 9.17) is 9.47 Å². The summed E-state index contributed by atoms with van der Waals surface area (Å²) >= 11 is 0. The van der Waals surface area contributed by atoms with Gasteiger partial charge in [0.25, 0.3) is 0 Å². The fourth-order valence-corrected chi connectivity index (χ4v) is 3.07. The maximum atomic E-state index is 11.7. The van der Waals surface area contributed by atoms with Crippen LogP contribution in [-0.2, 0) is 4.74 Å². The molecular formula is C23H30O4. The van der Waals surface area contributed by atoms with Crippen molar-refractivity contribution in [1.29, 1.82) is 0 Å². The fraction of sp³-hybridized carbons (Fsp3) is 0.435. The molecule has 2 unspecified atom stereocenters. The van der Waals surface area contributed by atoms with Gasteiger partial charge in [-0.2, -0.15) is 0 Å².